The van der Waals surface area contributed by atoms with Crippen LogP contribution in [0.25, 0.3) is 0 Å². The Labute approximate surface area is 158 Å². The Hall–Kier alpha value is -2.61. The van der Waals surface area contributed by atoms with Crippen molar-refractivity contribution in [1.82, 2.24) is 0 Å². The second kappa shape index (κ2) is 8.85. The van der Waals surface area contributed by atoms with Crippen molar-refractivity contribution in [1.29, 1.82) is 0 Å². The van der Waals surface area contributed by atoms with E-state index in [2.05, 4.69) is 9.98 Å². The summed E-state index contributed by atoms with van der Waals surface area (Å²) in [6, 6.07) is 15.1. The van der Waals surface area contributed by atoms with Crippen molar-refractivity contribution in [2.24, 2.45) is 9.98 Å². The van der Waals surface area contributed by atoms with E-state index >= 15 is 0 Å². The molecular formula is C18H18B2N2O5. The SMILES string of the molecule is C1=NCCOB2OB(OCCN=Cc3ccccc3O2)Oc2ccccc21. The van der Waals surface area contributed by atoms with E-state index in [0.717, 1.165) is 11.1 Å². The molecule has 0 aromatic heterocycles. The van der Waals surface area contributed by atoms with Gasteiger partial charge in [0.2, 0.25) is 0 Å². The van der Waals surface area contributed by atoms with Crippen molar-refractivity contribution >= 4 is 27.1 Å². The van der Waals surface area contributed by atoms with Crippen LogP contribution < -0.4 is 9.31 Å². The number of para-hydroxylation sites is 2. The van der Waals surface area contributed by atoms with Gasteiger partial charge in [-0.2, -0.15) is 0 Å². The van der Waals surface area contributed by atoms with Crippen LogP contribution >= 0.6 is 0 Å². The van der Waals surface area contributed by atoms with E-state index < -0.39 is 14.6 Å². The lowest BCUT2D eigenvalue weighted by atomic mass is 10.1. The second-order valence-electron chi connectivity index (χ2n) is 5.84. The van der Waals surface area contributed by atoms with Crippen LogP contribution in [0.1, 0.15) is 11.1 Å². The normalized spacial score (nSPS) is 17.5. The highest BCUT2D eigenvalue weighted by molar-refractivity contribution is 6.53. The number of fused-ring (bicyclic) bond motifs is 4. The van der Waals surface area contributed by atoms with E-state index in [1.54, 1.807) is 12.4 Å². The Kier molecular flexibility index (Phi) is 5.83. The molecule has 2 aromatic carbocycles. The van der Waals surface area contributed by atoms with Crippen molar-refractivity contribution in [2.45, 2.75) is 0 Å². The van der Waals surface area contributed by atoms with Crippen LogP contribution in [0, 0.1) is 0 Å². The van der Waals surface area contributed by atoms with Crippen molar-refractivity contribution in [2.75, 3.05) is 26.3 Å². The van der Waals surface area contributed by atoms with Gasteiger partial charge in [-0.25, -0.2) is 0 Å². The second-order valence-corrected chi connectivity index (χ2v) is 5.84. The minimum Gasteiger partial charge on any atom is -0.512 e. The number of hydrogen-bond acceptors (Lipinski definition) is 7. The number of nitrogens with zero attached hydrogens (tertiary/aromatic N) is 2. The molecule has 7 nitrogen and oxygen atoms in total. The van der Waals surface area contributed by atoms with Gasteiger partial charge in [-0.15, -0.1) is 0 Å². The van der Waals surface area contributed by atoms with Gasteiger partial charge in [-0.3, -0.25) is 9.98 Å². The molecule has 0 aliphatic carbocycles. The Morgan fingerprint density at radius 3 is 1.67 bits per heavy atom. The zero-order valence-corrected chi connectivity index (χ0v) is 14.7. The van der Waals surface area contributed by atoms with Gasteiger partial charge in [0.05, 0.1) is 26.3 Å². The van der Waals surface area contributed by atoms with Crippen molar-refractivity contribution in [3.8, 4) is 11.5 Å². The topological polar surface area (TPSA) is 70.9 Å². The molecule has 9 heteroatoms. The van der Waals surface area contributed by atoms with Gasteiger partial charge in [0.1, 0.15) is 11.5 Å². The average Bonchev–Trinajstić information content (AvgIpc) is 2.75. The Morgan fingerprint density at radius 1 is 0.667 bits per heavy atom. The monoisotopic (exact) mass is 364 g/mol. The summed E-state index contributed by atoms with van der Waals surface area (Å²) in [6.07, 6.45) is 3.50. The first-order valence-corrected chi connectivity index (χ1v) is 8.78. The first-order valence-electron chi connectivity index (χ1n) is 8.78. The van der Waals surface area contributed by atoms with E-state index in [-0.39, 0.29) is 0 Å². The molecule has 0 amide bonds. The first-order chi connectivity index (χ1) is 13.4. The van der Waals surface area contributed by atoms with Crippen molar-refractivity contribution in [3.63, 3.8) is 0 Å². The Morgan fingerprint density at radius 2 is 1.15 bits per heavy atom. The molecule has 0 saturated heterocycles. The fourth-order valence-corrected chi connectivity index (χ4v) is 2.62. The third kappa shape index (κ3) is 4.77. The average molecular weight is 364 g/mol. The van der Waals surface area contributed by atoms with Crippen molar-refractivity contribution < 1.29 is 23.2 Å². The molecule has 0 fully saturated rings. The summed E-state index contributed by atoms with van der Waals surface area (Å²) in [6.45, 7) is 1.58. The molecule has 27 heavy (non-hydrogen) atoms. The summed E-state index contributed by atoms with van der Waals surface area (Å²) in [7, 11) is -2.02. The lowest BCUT2D eigenvalue weighted by Gasteiger charge is -2.20. The minimum absolute atomic E-state index is 0.326. The first kappa shape index (κ1) is 17.8. The molecule has 2 aromatic rings. The van der Waals surface area contributed by atoms with Crippen LogP contribution in [0.15, 0.2) is 58.5 Å². The van der Waals surface area contributed by atoms with E-state index in [1.807, 2.05) is 48.5 Å². The molecule has 2 heterocycles. The van der Waals surface area contributed by atoms with Gasteiger partial charge >= 0.3 is 14.6 Å². The summed E-state index contributed by atoms with van der Waals surface area (Å²) >= 11 is 0. The summed E-state index contributed by atoms with van der Waals surface area (Å²) in [5, 5.41) is 0. The standard InChI is InChI=1S/C18H18B2N2O5/c1-3-7-17-15(5-1)13-21-9-11-24-20-26-18-8-4-2-6-16(18)14-22-10-12-23-19(25-17)27-20/h1-8,13-14H,9-12H2. The molecule has 0 spiro atoms. The fraction of sp³-hybridized carbons (Fsp3) is 0.222. The third-order valence-electron chi connectivity index (χ3n) is 3.92. The number of benzene rings is 2. The predicted molar refractivity (Wildman–Crippen MR) is 104 cm³/mol. The summed E-state index contributed by atoms with van der Waals surface area (Å²) in [5.74, 6) is 1.20. The molecule has 2 aliphatic rings. The number of hydrogen-bond donors (Lipinski definition) is 0. The van der Waals surface area contributed by atoms with Gasteiger partial charge in [0, 0.05) is 23.6 Å². The zero-order chi connectivity index (χ0) is 18.3. The third-order valence-corrected chi connectivity index (χ3v) is 3.92. The molecule has 0 N–H and O–H groups in total. The minimum atomic E-state index is -1.01. The highest BCUT2D eigenvalue weighted by Gasteiger charge is 2.37. The quantitative estimate of drug-likeness (QED) is 0.670. The Balaban J connectivity index is 1.63. The number of rotatable bonds is 0. The molecule has 2 aliphatic heterocycles. The highest BCUT2D eigenvalue weighted by atomic mass is 16.8. The fourth-order valence-electron chi connectivity index (χ4n) is 2.62. The molecule has 2 bridgehead atoms. The van der Waals surface area contributed by atoms with Crippen LogP contribution in [0.2, 0.25) is 0 Å². The summed E-state index contributed by atoms with van der Waals surface area (Å²) in [5.41, 5.74) is 1.67. The molecule has 0 unspecified atom stereocenters. The number of aliphatic imine (C=N–C) groups is 2. The lowest BCUT2D eigenvalue weighted by Crippen LogP contribution is -2.43. The van der Waals surface area contributed by atoms with E-state index in [4.69, 9.17) is 23.2 Å². The van der Waals surface area contributed by atoms with Crippen LogP contribution in [0.3, 0.4) is 0 Å². The summed E-state index contributed by atoms with van der Waals surface area (Å²) < 4.78 is 29.1. The lowest BCUT2D eigenvalue weighted by molar-refractivity contribution is 0.147. The van der Waals surface area contributed by atoms with Gasteiger partial charge < -0.3 is 23.2 Å². The van der Waals surface area contributed by atoms with Crippen LogP contribution in [0.5, 0.6) is 11.5 Å². The maximum atomic E-state index is 5.91. The van der Waals surface area contributed by atoms with E-state index in [9.17, 15) is 0 Å². The predicted octanol–water partition coefficient (Wildman–Crippen LogP) is 2.03. The van der Waals surface area contributed by atoms with Crippen LogP contribution in [0.4, 0.5) is 0 Å². The van der Waals surface area contributed by atoms with E-state index in [0.29, 0.717) is 37.8 Å². The highest BCUT2D eigenvalue weighted by Crippen LogP contribution is 2.21. The molecule has 136 valence electrons. The molecule has 0 radical (unpaired) electrons. The maximum absolute atomic E-state index is 5.91. The smallest absolute Gasteiger partial charge is 0.512 e. The zero-order valence-electron chi connectivity index (χ0n) is 14.7. The van der Waals surface area contributed by atoms with Crippen LogP contribution in [-0.4, -0.2) is 53.4 Å². The van der Waals surface area contributed by atoms with Gasteiger partial charge in [-0.1, -0.05) is 24.3 Å². The van der Waals surface area contributed by atoms with Crippen molar-refractivity contribution in [3.05, 3.63) is 59.7 Å². The Bertz CT molecular complexity index is 765. The van der Waals surface area contributed by atoms with Gasteiger partial charge in [0.25, 0.3) is 0 Å². The molecular weight excluding hydrogens is 346 g/mol. The summed E-state index contributed by atoms with van der Waals surface area (Å²) in [4.78, 5) is 8.74. The van der Waals surface area contributed by atoms with Gasteiger partial charge in [-0.05, 0) is 24.3 Å². The molecule has 0 saturated carbocycles. The van der Waals surface area contributed by atoms with Gasteiger partial charge in [0.15, 0.2) is 0 Å². The molecule has 0 atom stereocenters. The van der Waals surface area contributed by atoms with Crippen LogP contribution in [-0.2, 0) is 13.9 Å². The van der Waals surface area contributed by atoms with E-state index in [1.165, 1.54) is 0 Å². The maximum Gasteiger partial charge on any atom is 0.702 e. The molecule has 4 rings (SSSR count). The largest absolute Gasteiger partial charge is 0.702 e.